The Hall–Kier alpha value is -0.610. The number of esters is 1. The van der Waals surface area contributed by atoms with Crippen molar-refractivity contribution in [2.45, 2.75) is 26.0 Å². The number of nitrogens with one attached hydrogen (secondary N) is 1. The number of rotatable bonds is 3. The standard InChI is InChI=1S/C8H16N2O2/c1-5(2)7(9)8(11)12-6-3-10-4-6/h5-7,10H,3-4,9H2,1-2H3. The molecular formula is C8H16N2O2. The zero-order valence-corrected chi connectivity index (χ0v) is 7.54. The van der Waals surface area contributed by atoms with Gasteiger partial charge in [0.2, 0.25) is 0 Å². The topological polar surface area (TPSA) is 64.4 Å². The molecule has 3 N–H and O–H groups in total. The van der Waals surface area contributed by atoms with Gasteiger partial charge < -0.3 is 15.8 Å². The van der Waals surface area contributed by atoms with Crippen LogP contribution in [0.25, 0.3) is 0 Å². The zero-order valence-electron chi connectivity index (χ0n) is 7.54. The number of ether oxygens (including phenoxy) is 1. The molecule has 0 aromatic heterocycles. The molecule has 0 aliphatic carbocycles. The lowest BCUT2D eigenvalue weighted by Gasteiger charge is -2.28. The minimum Gasteiger partial charge on any atom is -0.458 e. The van der Waals surface area contributed by atoms with Crippen LogP contribution < -0.4 is 11.1 Å². The molecule has 1 aliphatic heterocycles. The van der Waals surface area contributed by atoms with E-state index in [0.717, 1.165) is 13.1 Å². The average molecular weight is 172 g/mol. The van der Waals surface area contributed by atoms with Gasteiger partial charge in [-0.15, -0.1) is 0 Å². The molecule has 0 aromatic carbocycles. The lowest BCUT2D eigenvalue weighted by atomic mass is 10.1. The van der Waals surface area contributed by atoms with Gasteiger partial charge in [0.1, 0.15) is 12.1 Å². The van der Waals surface area contributed by atoms with Crippen LogP contribution in [-0.2, 0) is 9.53 Å². The third-order valence-electron chi connectivity index (χ3n) is 2.02. The summed E-state index contributed by atoms with van der Waals surface area (Å²) >= 11 is 0. The first-order valence-electron chi connectivity index (χ1n) is 4.28. The highest BCUT2D eigenvalue weighted by atomic mass is 16.5. The quantitative estimate of drug-likeness (QED) is 0.562. The van der Waals surface area contributed by atoms with Gasteiger partial charge in [-0.2, -0.15) is 0 Å². The molecule has 1 saturated heterocycles. The Morgan fingerprint density at radius 1 is 1.58 bits per heavy atom. The Kier molecular flexibility index (Phi) is 3.05. The molecule has 0 amide bonds. The molecule has 0 aromatic rings. The highest BCUT2D eigenvalue weighted by Gasteiger charge is 2.25. The van der Waals surface area contributed by atoms with Crippen molar-refractivity contribution in [1.29, 1.82) is 0 Å². The van der Waals surface area contributed by atoms with Crippen molar-refractivity contribution < 1.29 is 9.53 Å². The van der Waals surface area contributed by atoms with Gasteiger partial charge in [0.05, 0.1) is 0 Å². The van der Waals surface area contributed by atoms with E-state index in [4.69, 9.17) is 10.5 Å². The second-order valence-corrected chi connectivity index (χ2v) is 3.49. The summed E-state index contributed by atoms with van der Waals surface area (Å²) in [6.07, 6.45) is 0.0438. The Bertz CT molecular complexity index is 166. The van der Waals surface area contributed by atoms with Crippen molar-refractivity contribution in [3.8, 4) is 0 Å². The molecule has 1 aliphatic rings. The van der Waals surface area contributed by atoms with Gasteiger partial charge in [0.15, 0.2) is 0 Å². The minimum absolute atomic E-state index is 0.0438. The maximum atomic E-state index is 11.2. The summed E-state index contributed by atoms with van der Waals surface area (Å²) in [5.74, 6) is -0.137. The molecule has 1 atom stereocenters. The zero-order chi connectivity index (χ0) is 9.14. The minimum atomic E-state index is -0.481. The molecule has 4 heteroatoms. The van der Waals surface area contributed by atoms with E-state index in [1.54, 1.807) is 0 Å². The summed E-state index contributed by atoms with van der Waals surface area (Å²) in [5, 5.41) is 3.02. The third kappa shape index (κ3) is 2.19. The smallest absolute Gasteiger partial charge is 0.323 e. The number of carbonyl (C=O) groups excluding carboxylic acids is 1. The second-order valence-electron chi connectivity index (χ2n) is 3.49. The molecule has 12 heavy (non-hydrogen) atoms. The molecule has 0 spiro atoms. The van der Waals surface area contributed by atoms with Gasteiger partial charge in [0, 0.05) is 13.1 Å². The predicted molar refractivity (Wildman–Crippen MR) is 45.6 cm³/mol. The van der Waals surface area contributed by atoms with Gasteiger partial charge in [-0.3, -0.25) is 4.79 Å². The van der Waals surface area contributed by atoms with E-state index in [2.05, 4.69) is 5.32 Å². The normalized spacial score (nSPS) is 20.3. The summed E-state index contributed by atoms with van der Waals surface area (Å²) in [6, 6.07) is -0.481. The number of carbonyl (C=O) groups is 1. The average Bonchev–Trinajstić information content (AvgIpc) is 1.94. The molecular weight excluding hydrogens is 156 g/mol. The van der Waals surface area contributed by atoms with Crippen LogP contribution >= 0.6 is 0 Å². The van der Waals surface area contributed by atoms with Crippen LogP contribution in [0.1, 0.15) is 13.8 Å². The molecule has 1 rings (SSSR count). The van der Waals surface area contributed by atoms with Crippen LogP contribution in [0.3, 0.4) is 0 Å². The SMILES string of the molecule is CC(C)C(N)C(=O)OC1CNC1. The first-order chi connectivity index (χ1) is 5.61. The third-order valence-corrected chi connectivity index (χ3v) is 2.02. The maximum absolute atomic E-state index is 11.2. The lowest BCUT2D eigenvalue weighted by Crippen LogP contribution is -2.51. The Labute approximate surface area is 72.5 Å². The first-order valence-corrected chi connectivity index (χ1v) is 4.28. The predicted octanol–water partition coefficient (Wildman–Crippen LogP) is -0.515. The molecule has 1 fully saturated rings. The molecule has 70 valence electrons. The summed E-state index contributed by atoms with van der Waals surface area (Å²) in [6.45, 7) is 5.34. The molecule has 1 unspecified atom stereocenters. The van der Waals surface area contributed by atoms with E-state index in [9.17, 15) is 4.79 Å². The van der Waals surface area contributed by atoms with Crippen LogP contribution in [0, 0.1) is 5.92 Å². The summed E-state index contributed by atoms with van der Waals surface area (Å²) < 4.78 is 5.08. The summed E-state index contributed by atoms with van der Waals surface area (Å²) in [5.41, 5.74) is 5.59. The van der Waals surface area contributed by atoms with E-state index in [1.165, 1.54) is 0 Å². The fourth-order valence-corrected chi connectivity index (χ4v) is 0.861. The Morgan fingerprint density at radius 2 is 2.17 bits per heavy atom. The van der Waals surface area contributed by atoms with Gasteiger partial charge in [0.25, 0.3) is 0 Å². The molecule has 0 radical (unpaired) electrons. The van der Waals surface area contributed by atoms with Crippen LogP contribution in [0.2, 0.25) is 0 Å². The number of hydrogen-bond donors (Lipinski definition) is 2. The van der Waals surface area contributed by atoms with E-state index in [0.29, 0.717) is 0 Å². The van der Waals surface area contributed by atoms with E-state index in [1.807, 2.05) is 13.8 Å². The van der Waals surface area contributed by atoms with Crippen LogP contribution in [0.5, 0.6) is 0 Å². The summed E-state index contributed by atoms with van der Waals surface area (Å²) in [4.78, 5) is 11.2. The van der Waals surface area contributed by atoms with Crippen molar-refractivity contribution in [3.05, 3.63) is 0 Å². The number of hydrogen-bond acceptors (Lipinski definition) is 4. The van der Waals surface area contributed by atoms with E-state index in [-0.39, 0.29) is 18.0 Å². The van der Waals surface area contributed by atoms with Gasteiger partial charge in [-0.1, -0.05) is 13.8 Å². The molecule has 0 bridgehead atoms. The lowest BCUT2D eigenvalue weighted by molar-refractivity contribution is -0.154. The molecule has 1 heterocycles. The first kappa shape index (κ1) is 9.48. The van der Waals surface area contributed by atoms with Crippen molar-refractivity contribution in [1.82, 2.24) is 5.32 Å². The Balaban J connectivity index is 2.26. The second kappa shape index (κ2) is 3.87. The van der Waals surface area contributed by atoms with Crippen LogP contribution in [-0.4, -0.2) is 31.2 Å². The van der Waals surface area contributed by atoms with Gasteiger partial charge in [-0.25, -0.2) is 0 Å². The monoisotopic (exact) mass is 172 g/mol. The largest absolute Gasteiger partial charge is 0.458 e. The van der Waals surface area contributed by atoms with Crippen molar-refractivity contribution in [2.24, 2.45) is 11.7 Å². The molecule has 4 nitrogen and oxygen atoms in total. The highest BCUT2D eigenvalue weighted by Crippen LogP contribution is 2.05. The highest BCUT2D eigenvalue weighted by molar-refractivity contribution is 5.76. The Morgan fingerprint density at radius 3 is 2.50 bits per heavy atom. The molecule has 0 saturated carbocycles. The van der Waals surface area contributed by atoms with E-state index >= 15 is 0 Å². The maximum Gasteiger partial charge on any atom is 0.323 e. The fraction of sp³-hybridized carbons (Fsp3) is 0.875. The van der Waals surface area contributed by atoms with Crippen molar-refractivity contribution in [3.63, 3.8) is 0 Å². The van der Waals surface area contributed by atoms with Gasteiger partial charge >= 0.3 is 5.97 Å². The van der Waals surface area contributed by atoms with Crippen molar-refractivity contribution in [2.75, 3.05) is 13.1 Å². The van der Waals surface area contributed by atoms with Crippen LogP contribution in [0.4, 0.5) is 0 Å². The van der Waals surface area contributed by atoms with E-state index < -0.39 is 6.04 Å². The van der Waals surface area contributed by atoms with Gasteiger partial charge in [-0.05, 0) is 5.92 Å². The van der Waals surface area contributed by atoms with Crippen molar-refractivity contribution >= 4 is 5.97 Å². The number of nitrogens with two attached hydrogens (primary N) is 1. The summed E-state index contributed by atoms with van der Waals surface area (Å²) in [7, 11) is 0. The fourth-order valence-electron chi connectivity index (χ4n) is 0.861. The van der Waals surface area contributed by atoms with Crippen LogP contribution in [0.15, 0.2) is 0 Å².